The van der Waals surface area contributed by atoms with Gasteiger partial charge in [0.2, 0.25) is 0 Å². The van der Waals surface area contributed by atoms with Gasteiger partial charge in [0, 0.05) is 11.1 Å². The van der Waals surface area contributed by atoms with Crippen LogP contribution in [-0.2, 0) is 16.1 Å². The van der Waals surface area contributed by atoms with Crippen LogP contribution in [0.3, 0.4) is 0 Å². The van der Waals surface area contributed by atoms with E-state index in [0.717, 1.165) is 30.7 Å². The number of nitrogens with zero attached hydrogens (tertiary/aromatic N) is 1. The molecule has 0 N–H and O–H groups in total. The minimum absolute atomic E-state index is 0.113. The first-order valence-electron chi connectivity index (χ1n) is 7.68. The molecule has 1 rings (SSSR count). The molecule has 0 saturated heterocycles. The third-order valence-electron chi connectivity index (χ3n) is 4.00. The lowest BCUT2D eigenvalue weighted by Crippen LogP contribution is -2.51. The van der Waals surface area contributed by atoms with E-state index in [1.807, 2.05) is 13.0 Å². The molecular weight excluding hydrogens is 262 g/mol. The van der Waals surface area contributed by atoms with Gasteiger partial charge in [-0.05, 0) is 27.7 Å². The molecule has 0 aliphatic rings. The van der Waals surface area contributed by atoms with Crippen LogP contribution < -0.4 is 0 Å². The molecule has 0 aliphatic carbocycles. The summed E-state index contributed by atoms with van der Waals surface area (Å²) in [6, 6.07) is 10.5. The predicted octanol–water partition coefficient (Wildman–Crippen LogP) is 3.55. The summed E-state index contributed by atoms with van der Waals surface area (Å²) in [4.78, 5) is 11.6. The first kappa shape index (κ1) is 17.4. The lowest BCUT2D eigenvalue weighted by Gasteiger charge is -2.38. The summed E-state index contributed by atoms with van der Waals surface area (Å²) in [6.07, 6.45) is -0.113. The van der Waals surface area contributed by atoms with Gasteiger partial charge >= 0.3 is 5.97 Å². The lowest BCUT2D eigenvalue weighted by atomic mass is 10.1. The van der Waals surface area contributed by atoms with Gasteiger partial charge in [-0.25, -0.2) is 4.79 Å². The molecule has 0 spiro atoms. The van der Waals surface area contributed by atoms with Crippen molar-refractivity contribution in [3.8, 4) is 0 Å². The van der Waals surface area contributed by atoms with E-state index in [9.17, 15) is 4.79 Å². The second-order valence-electron chi connectivity index (χ2n) is 5.80. The average molecular weight is 290 g/mol. The molecule has 0 amide bonds. The highest BCUT2D eigenvalue weighted by atomic mass is 16.5. The Bertz CT molecular complexity index is 463. The van der Waals surface area contributed by atoms with E-state index in [4.69, 9.17) is 4.74 Å². The third-order valence-corrected chi connectivity index (χ3v) is 4.00. The second kappa shape index (κ2) is 7.99. The number of quaternary nitrogens is 1. The van der Waals surface area contributed by atoms with Crippen LogP contribution in [-0.4, -0.2) is 36.2 Å². The van der Waals surface area contributed by atoms with Crippen molar-refractivity contribution in [3.05, 3.63) is 48.0 Å². The van der Waals surface area contributed by atoms with Crippen molar-refractivity contribution < 1.29 is 14.0 Å². The fourth-order valence-corrected chi connectivity index (χ4v) is 2.61. The van der Waals surface area contributed by atoms with E-state index < -0.39 is 0 Å². The Labute approximate surface area is 128 Å². The van der Waals surface area contributed by atoms with Gasteiger partial charge < -0.3 is 9.22 Å². The van der Waals surface area contributed by atoms with Crippen LogP contribution in [0.1, 0.15) is 33.3 Å². The van der Waals surface area contributed by atoms with Crippen molar-refractivity contribution in [1.29, 1.82) is 0 Å². The Morgan fingerprint density at radius 1 is 1.24 bits per heavy atom. The maximum atomic E-state index is 11.6. The second-order valence-corrected chi connectivity index (χ2v) is 5.80. The van der Waals surface area contributed by atoms with Crippen molar-refractivity contribution in [2.75, 3.05) is 19.6 Å². The van der Waals surface area contributed by atoms with Crippen LogP contribution in [0.2, 0.25) is 0 Å². The molecule has 3 nitrogen and oxygen atoms in total. The van der Waals surface area contributed by atoms with Crippen LogP contribution in [0.25, 0.3) is 0 Å². The van der Waals surface area contributed by atoms with Gasteiger partial charge in [-0.2, -0.15) is 0 Å². The van der Waals surface area contributed by atoms with Gasteiger partial charge in [0.05, 0.1) is 13.1 Å². The maximum absolute atomic E-state index is 11.6. The molecule has 0 aliphatic heterocycles. The molecule has 0 fully saturated rings. The molecule has 1 atom stereocenters. The van der Waals surface area contributed by atoms with Crippen LogP contribution in [0, 0.1) is 0 Å². The number of carbonyl (C=O) groups excluding carboxylic acids is 1. The number of hydrogen-bond donors (Lipinski definition) is 0. The Morgan fingerprint density at radius 2 is 1.81 bits per heavy atom. The van der Waals surface area contributed by atoms with E-state index in [0.29, 0.717) is 5.57 Å². The third kappa shape index (κ3) is 5.35. The summed E-state index contributed by atoms with van der Waals surface area (Å²) < 4.78 is 6.37. The number of hydrogen-bond acceptors (Lipinski definition) is 2. The minimum atomic E-state index is -0.299. The summed E-state index contributed by atoms with van der Waals surface area (Å²) in [5.41, 5.74) is 1.77. The molecule has 1 unspecified atom stereocenters. The van der Waals surface area contributed by atoms with Crippen LogP contribution >= 0.6 is 0 Å². The molecule has 1 aromatic carbocycles. The topological polar surface area (TPSA) is 26.3 Å². The van der Waals surface area contributed by atoms with Gasteiger partial charge in [-0.15, -0.1) is 0 Å². The number of carbonyl (C=O) groups is 1. The predicted molar refractivity (Wildman–Crippen MR) is 86.7 cm³/mol. The Morgan fingerprint density at radius 3 is 2.29 bits per heavy atom. The van der Waals surface area contributed by atoms with Gasteiger partial charge in [0.1, 0.15) is 19.2 Å². The molecule has 3 heteroatoms. The normalized spacial score (nSPS) is 12.8. The zero-order valence-corrected chi connectivity index (χ0v) is 13.8. The SMILES string of the molecule is C=C(C)C(=O)OC(C)C[N+](CC)(CC)Cc1ccccc1. The summed E-state index contributed by atoms with van der Waals surface area (Å²) in [5, 5.41) is 0. The van der Waals surface area contributed by atoms with Crippen molar-refractivity contribution in [1.82, 2.24) is 0 Å². The highest BCUT2D eigenvalue weighted by Gasteiger charge is 2.28. The van der Waals surface area contributed by atoms with Gasteiger partial charge in [0.25, 0.3) is 0 Å². The molecule has 1 aromatic rings. The number of esters is 1. The number of rotatable bonds is 8. The maximum Gasteiger partial charge on any atom is 0.333 e. The molecule has 116 valence electrons. The molecular formula is C18H28NO2+. The monoisotopic (exact) mass is 290 g/mol. The van der Waals surface area contributed by atoms with Crippen LogP contribution in [0.4, 0.5) is 0 Å². The largest absolute Gasteiger partial charge is 0.453 e. The van der Waals surface area contributed by atoms with Gasteiger partial charge in [-0.1, -0.05) is 36.9 Å². The zero-order chi connectivity index (χ0) is 15.9. The fraction of sp³-hybridized carbons (Fsp3) is 0.500. The Hall–Kier alpha value is -1.61. The number of benzene rings is 1. The van der Waals surface area contributed by atoms with E-state index in [1.165, 1.54) is 5.56 Å². The highest BCUT2D eigenvalue weighted by Crippen LogP contribution is 2.17. The number of ether oxygens (including phenoxy) is 1. The first-order valence-corrected chi connectivity index (χ1v) is 7.68. The average Bonchev–Trinajstić information content (AvgIpc) is 2.47. The summed E-state index contributed by atoms with van der Waals surface area (Å²) >= 11 is 0. The van der Waals surface area contributed by atoms with E-state index in [-0.39, 0.29) is 12.1 Å². The number of likely N-dealkylation sites (N-methyl/N-ethyl adjacent to an activating group) is 1. The first-order chi connectivity index (χ1) is 9.92. The van der Waals surface area contributed by atoms with Crippen molar-refractivity contribution in [2.24, 2.45) is 0 Å². The van der Waals surface area contributed by atoms with Crippen molar-refractivity contribution in [2.45, 2.75) is 40.3 Å². The smallest absolute Gasteiger partial charge is 0.333 e. The molecule has 21 heavy (non-hydrogen) atoms. The van der Waals surface area contributed by atoms with Gasteiger partial charge in [-0.3, -0.25) is 0 Å². The lowest BCUT2D eigenvalue weighted by molar-refractivity contribution is -0.940. The molecule has 0 radical (unpaired) electrons. The molecule has 0 saturated carbocycles. The van der Waals surface area contributed by atoms with E-state index >= 15 is 0 Å². The molecule has 0 bridgehead atoms. The van der Waals surface area contributed by atoms with Crippen LogP contribution in [0.5, 0.6) is 0 Å². The summed E-state index contributed by atoms with van der Waals surface area (Å²) in [6.45, 7) is 15.5. The highest BCUT2D eigenvalue weighted by molar-refractivity contribution is 5.87. The Balaban J connectivity index is 2.76. The fourth-order valence-electron chi connectivity index (χ4n) is 2.61. The summed E-state index contributed by atoms with van der Waals surface area (Å²) in [7, 11) is 0. The Kier molecular flexibility index (Phi) is 6.63. The zero-order valence-electron chi connectivity index (χ0n) is 13.8. The van der Waals surface area contributed by atoms with E-state index in [1.54, 1.807) is 6.92 Å². The van der Waals surface area contributed by atoms with Gasteiger partial charge in [0.15, 0.2) is 0 Å². The summed E-state index contributed by atoms with van der Waals surface area (Å²) in [5.74, 6) is -0.299. The van der Waals surface area contributed by atoms with E-state index in [2.05, 4.69) is 44.7 Å². The standard InChI is InChI=1S/C18H28NO2/c1-6-19(7-2,14-17-11-9-8-10-12-17)13-16(5)21-18(20)15(3)4/h8-12,16H,3,6-7,13-14H2,1-2,4-5H3/q+1. The van der Waals surface area contributed by atoms with Crippen molar-refractivity contribution >= 4 is 5.97 Å². The molecule has 0 aromatic heterocycles. The minimum Gasteiger partial charge on any atom is -0.453 e. The van der Waals surface area contributed by atoms with Crippen LogP contribution in [0.15, 0.2) is 42.5 Å². The molecule has 0 heterocycles. The van der Waals surface area contributed by atoms with Crippen molar-refractivity contribution in [3.63, 3.8) is 0 Å². The quantitative estimate of drug-likeness (QED) is 0.416.